The summed E-state index contributed by atoms with van der Waals surface area (Å²) in [5, 5.41) is 7.42. The molecule has 0 radical (unpaired) electrons. The van der Waals surface area contributed by atoms with Gasteiger partial charge in [-0.25, -0.2) is 24.8 Å². The lowest BCUT2D eigenvalue weighted by molar-refractivity contribution is 0.154. The second kappa shape index (κ2) is 6.04. The van der Waals surface area contributed by atoms with Gasteiger partial charge in [0.15, 0.2) is 17.2 Å². The van der Waals surface area contributed by atoms with Crippen LogP contribution in [0.2, 0.25) is 0 Å². The Morgan fingerprint density at radius 3 is 2.82 bits per heavy atom. The normalized spacial score (nSPS) is 10.4. The monoisotopic (exact) mass is 300 g/mol. The fourth-order valence-electron chi connectivity index (χ4n) is 1.77. The molecule has 0 aliphatic carbocycles. The number of hydrogen-bond donors (Lipinski definition) is 2. The molecule has 0 atom stereocenters. The number of carbonyl (C=O) groups is 1. The van der Waals surface area contributed by atoms with Crippen LogP contribution >= 0.6 is 0 Å². The topological polar surface area (TPSA) is 115 Å². The number of carbonyl (C=O) groups excluding carboxylic acids is 1. The first-order chi connectivity index (χ1) is 10.8. The van der Waals surface area contributed by atoms with E-state index in [0.717, 1.165) is 5.56 Å². The van der Waals surface area contributed by atoms with Gasteiger partial charge >= 0.3 is 6.09 Å². The number of benzene rings is 1. The number of ether oxygens (including phenoxy) is 1. The molecule has 9 nitrogen and oxygen atoms in total. The number of hydrazine groups is 1. The number of fused-ring (bicyclic) bond motifs is 1. The van der Waals surface area contributed by atoms with Crippen LogP contribution in [-0.4, -0.2) is 33.0 Å². The number of nitrogens with zero attached hydrogens (tertiary/aromatic N) is 4. The molecular weight excluding hydrogens is 288 g/mol. The smallest absolute Gasteiger partial charge is 0.425 e. The molecular formula is C13H12N6O3. The summed E-state index contributed by atoms with van der Waals surface area (Å²) in [6, 6.07) is 9.34. The van der Waals surface area contributed by atoms with E-state index in [0.29, 0.717) is 11.3 Å². The number of aromatic nitrogens is 4. The molecule has 0 saturated carbocycles. The van der Waals surface area contributed by atoms with Gasteiger partial charge in [0, 0.05) is 5.56 Å². The van der Waals surface area contributed by atoms with Gasteiger partial charge in [0.2, 0.25) is 5.65 Å². The van der Waals surface area contributed by atoms with E-state index in [1.54, 1.807) is 6.92 Å². The summed E-state index contributed by atoms with van der Waals surface area (Å²) in [6.07, 6.45) is -0.632. The van der Waals surface area contributed by atoms with Gasteiger partial charge < -0.3 is 4.74 Å². The molecule has 2 N–H and O–H groups in total. The van der Waals surface area contributed by atoms with Crippen molar-refractivity contribution < 1.29 is 14.2 Å². The van der Waals surface area contributed by atoms with Crippen molar-refractivity contribution in [2.24, 2.45) is 0 Å². The number of anilines is 1. The van der Waals surface area contributed by atoms with Crippen molar-refractivity contribution in [1.29, 1.82) is 0 Å². The summed E-state index contributed by atoms with van der Waals surface area (Å²) in [7, 11) is 0. The number of nitrogens with one attached hydrogen (secondary N) is 2. The predicted molar refractivity (Wildman–Crippen MR) is 76.6 cm³/mol. The van der Waals surface area contributed by atoms with Crippen LogP contribution < -0.4 is 10.9 Å². The molecule has 1 amide bonds. The van der Waals surface area contributed by atoms with Crippen molar-refractivity contribution in [3.63, 3.8) is 0 Å². The molecule has 0 fully saturated rings. The molecule has 0 aliphatic heterocycles. The van der Waals surface area contributed by atoms with Crippen LogP contribution in [0.3, 0.4) is 0 Å². The Morgan fingerprint density at radius 1 is 1.23 bits per heavy atom. The molecule has 9 heteroatoms. The molecule has 0 unspecified atom stereocenters. The van der Waals surface area contributed by atoms with E-state index in [1.165, 1.54) is 0 Å². The lowest BCUT2D eigenvalue weighted by atomic mass is 10.2. The van der Waals surface area contributed by atoms with Crippen molar-refractivity contribution in [2.75, 3.05) is 12.0 Å². The highest BCUT2D eigenvalue weighted by Crippen LogP contribution is 2.21. The number of amides is 1. The third kappa shape index (κ3) is 2.77. The summed E-state index contributed by atoms with van der Waals surface area (Å²) < 4.78 is 9.42. The van der Waals surface area contributed by atoms with Crippen molar-refractivity contribution >= 4 is 23.1 Å². The molecule has 0 bridgehead atoms. The summed E-state index contributed by atoms with van der Waals surface area (Å²) in [5.74, 6) is 0.690. The molecule has 0 aliphatic rings. The third-order valence-corrected chi connectivity index (χ3v) is 2.72. The quantitative estimate of drug-likeness (QED) is 0.700. The molecule has 2 heterocycles. The SMILES string of the molecule is CCOC(=O)NNc1nc(-c2ccccc2)nc2nonc12. The van der Waals surface area contributed by atoms with Gasteiger partial charge in [0.05, 0.1) is 6.61 Å². The average Bonchev–Trinajstić information content (AvgIpc) is 3.02. The Morgan fingerprint density at radius 2 is 2.05 bits per heavy atom. The summed E-state index contributed by atoms with van der Waals surface area (Å²) in [6.45, 7) is 1.96. The zero-order valence-corrected chi connectivity index (χ0v) is 11.6. The van der Waals surface area contributed by atoms with Crippen LogP contribution in [0.1, 0.15) is 6.92 Å². The molecule has 3 rings (SSSR count). The van der Waals surface area contributed by atoms with Gasteiger partial charge in [-0.1, -0.05) is 30.3 Å². The second-order valence-corrected chi connectivity index (χ2v) is 4.17. The fourth-order valence-corrected chi connectivity index (χ4v) is 1.77. The lowest BCUT2D eigenvalue weighted by Gasteiger charge is -2.08. The van der Waals surface area contributed by atoms with Gasteiger partial charge in [-0.05, 0) is 17.2 Å². The van der Waals surface area contributed by atoms with E-state index < -0.39 is 6.09 Å². The predicted octanol–water partition coefficient (Wildman–Crippen LogP) is 1.75. The maximum atomic E-state index is 11.3. The standard InChI is InChI=1S/C13H12N6O3/c1-2-21-13(20)17-16-11-9-12(19-22-18-9)15-10(14-11)8-6-4-3-5-7-8/h3-7H,2H2,1H3,(H,17,20)(H,14,15,16,19). The summed E-state index contributed by atoms with van der Waals surface area (Å²) in [5.41, 5.74) is 6.36. The number of hydrogen-bond acceptors (Lipinski definition) is 8. The third-order valence-electron chi connectivity index (χ3n) is 2.72. The molecule has 0 saturated heterocycles. The minimum absolute atomic E-state index is 0.257. The van der Waals surface area contributed by atoms with Crippen LogP contribution in [0.4, 0.5) is 10.6 Å². The first-order valence-electron chi connectivity index (χ1n) is 6.52. The lowest BCUT2D eigenvalue weighted by Crippen LogP contribution is -2.30. The molecule has 22 heavy (non-hydrogen) atoms. The second-order valence-electron chi connectivity index (χ2n) is 4.17. The van der Waals surface area contributed by atoms with Gasteiger partial charge in [-0.2, -0.15) is 0 Å². The highest BCUT2D eigenvalue weighted by atomic mass is 16.6. The zero-order valence-electron chi connectivity index (χ0n) is 11.6. The van der Waals surface area contributed by atoms with E-state index in [2.05, 4.69) is 35.8 Å². The Bertz CT molecular complexity index is 789. The molecule has 2 aromatic heterocycles. The first kappa shape index (κ1) is 13.7. The largest absolute Gasteiger partial charge is 0.449 e. The highest BCUT2D eigenvalue weighted by molar-refractivity contribution is 5.84. The van der Waals surface area contributed by atoms with Crippen LogP contribution in [-0.2, 0) is 4.74 Å². The summed E-state index contributed by atoms with van der Waals surface area (Å²) in [4.78, 5) is 19.9. The van der Waals surface area contributed by atoms with Crippen LogP contribution in [0.15, 0.2) is 35.0 Å². The first-order valence-corrected chi connectivity index (χ1v) is 6.52. The Kier molecular flexibility index (Phi) is 3.77. The molecule has 1 aromatic carbocycles. The highest BCUT2D eigenvalue weighted by Gasteiger charge is 2.14. The fraction of sp³-hybridized carbons (Fsp3) is 0.154. The van der Waals surface area contributed by atoms with E-state index >= 15 is 0 Å². The van der Waals surface area contributed by atoms with Crippen LogP contribution in [0.25, 0.3) is 22.6 Å². The Balaban J connectivity index is 1.94. The minimum Gasteiger partial charge on any atom is -0.449 e. The number of rotatable bonds is 4. The van der Waals surface area contributed by atoms with Crippen LogP contribution in [0, 0.1) is 0 Å². The van der Waals surface area contributed by atoms with Gasteiger partial charge in [-0.3, -0.25) is 5.43 Å². The zero-order chi connectivity index (χ0) is 15.4. The van der Waals surface area contributed by atoms with E-state index in [1.807, 2.05) is 30.3 Å². The van der Waals surface area contributed by atoms with Crippen molar-refractivity contribution in [3.8, 4) is 11.4 Å². The minimum atomic E-state index is -0.632. The maximum Gasteiger partial charge on any atom is 0.425 e. The molecule has 0 spiro atoms. The Labute approximate surface area is 124 Å². The van der Waals surface area contributed by atoms with E-state index in [-0.39, 0.29) is 18.1 Å². The van der Waals surface area contributed by atoms with Gasteiger partial charge in [0.1, 0.15) is 0 Å². The van der Waals surface area contributed by atoms with Gasteiger partial charge in [-0.15, -0.1) is 0 Å². The van der Waals surface area contributed by atoms with Crippen molar-refractivity contribution in [1.82, 2.24) is 25.7 Å². The van der Waals surface area contributed by atoms with Crippen LogP contribution in [0.5, 0.6) is 0 Å². The Hall–Kier alpha value is -3.23. The van der Waals surface area contributed by atoms with E-state index in [4.69, 9.17) is 4.74 Å². The van der Waals surface area contributed by atoms with Gasteiger partial charge in [0.25, 0.3) is 0 Å². The summed E-state index contributed by atoms with van der Waals surface area (Å²) >= 11 is 0. The average molecular weight is 300 g/mol. The van der Waals surface area contributed by atoms with Crippen molar-refractivity contribution in [2.45, 2.75) is 6.92 Å². The van der Waals surface area contributed by atoms with E-state index in [9.17, 15) is 4.79 Å². The molecule has 112 valence electrons. The van der Waals surface area contributed by atoms with Crippen molar-refractivity contribution in [3.05, 3.63) is 30.3 Å². The molecule has 3 aromatic rings. The maximum absolute atomic E-state index is 11.3.